The predicted molar refractivity (Wildman–Crippen MR) is 70.3 cm³/mol. The van der Waals surface area contributed by atoms with Crippen LogP contribution in [0.1, 0.15) is 51.9 Å². The van der Waals surface area contributed by atoms with Gasteiger partial charge in [-0.3, -0.25) is 4.40 Å². The third kappa shape index (κ3) is 1.61. The first-order chi connectivity index (χ1) is 7.32. The molecule has 0 aromatic carbocycles. The smallest absolute Gasteiger partial charge is 0.195 e. The second kappa shape index (κ2) is 3.48. The lowest BCUT2D eigenvalue weighted by Gasteiger charge is -2.16. The lowest BCUT2D eigenvalue weighted by atomic mass is 9.92. The molecule has 4 heteroatoms. The summed E-state index contributed by atoms with van der Waals surface area (Å²) in [5, 5.41) is 2.15. The Morgan fingerprint density at radius 2 is 2.00 bits per heavy atom. The van der Waals surface area contributed by atoms with Crippen molar-refractivity contribution in [3.63, 3.8) is 0 Å². The Bertz CT molecular complexity index is 514. The summed E-state index contributed by atoms with van der Waals surface area (Å²) in [5.41, 5.74) is 8.47. The average molecular weight is 237 g/mol. The molecule has 0 unspecified atom stereocenters. The van der Waals surface area contributed by atoms with E-state index >= 15 is 0 Å². The molecule has 2 rings (SSSR count). The summed E-state index contributed by atoms with van der Waals surface area (Å²) in [4.78, 5) is 5.65. The topological polar surface area (TPSA) is 43.3 Å². The number of hydrogen-bond acceptors (Lipinski definition) is 3. The second-order valence-corrected chi connectivity index (χ2v) is 6.37. The number of fused-ring (bicyclic) bond motifs is 1. The van der Waals surface area contributed by atoms with Crippen molar-refractivity contribution in [2.75, 3.05) is 5.73 Å². The number of nitrogen functional groups attached to an aromatic ring is 1. The van der Waals surface area contributed by atoms with Crippen LogP contribution in [0.5, 0.6) is 0 Å². The maximum Gasteiger partial charge on any atom is 0.195 e. The lowest BCUT2D eigenvalue weighted by Crippen LogP contribution is -2.14. The highest BCUT2D eigenvalue weighted by atomic mass is 32.1. The number of imidazole rings is 1. The minimum Gasteiger partial charge on any atom is -0.383 e. The van der Waals surface area contributed by atoms with Crippen molar-refractivity contribution in [2.24, 2.45) is 0 Å². The number of anilines is 1. The van der Waals surface area contributed by atoms with E-state index in [1.54, 1.807) is 11.3 Å². The quantitative estimate of drug-likeness (QED) is 0.826. The van der Waals surface area contributed by atoms with Gasteiger partial charge in [-0.2, -0.15) is 0 Å². The molecular weight excluding hydrogens is 218 g/mol. The molecule has 0 saturated carbocycles. The molecule has 0 amide bonds. The van der Waals surface area contributed by atoms with Crippen LogP contribution in [0.2, 0.25) is 0 Å². The number of hydrogen-bond donors (Lipinski definition) is 1. The van der Waals surface area contributed by atoms with Gasteiger partial charge in [0.05, 0.1) is 5.69 Å². The first-order valence-corrected chi connectivity index (χ1v) is 6.46. The normalized spacial score (nSPS) is 12.9. The van der Waals surface area contributed by atoms with Crippen LogP contribution in [-0.4, -0.2) is 9.38 Å². The average Bonchev–Trinajstić information content (AvgIpc) is 2.64. The van der Waals surface area contributed by atoms with Gasteiger partial charge in [-0.15, -0.1) is 11.3 Å². The first-order valence-electron chi connectivity index (χ1n) is 5.58. The molecular formula is C12H19N3S. The van der Waals surface area contributed by atoms with E-state index in [2.05, 4.69) is 49.4 Å². The van der Waals surface area contributed by atoms with E-state index in [-0.39, 0.29) is 5.41 Å². The van der Waals surface area contributed by atoms with Crippen LogP contribution in [0.3, 0.4) is 0 Å². The van der Waals surface area contributed by atoms with Crippen molar-refractivity contribution in [1.82, 2.24) is 9.38 Å². The van der Waals surface area contributed by atoms with Gasteiger partial charge < -0.3 is 5.73 Å². The number of nitrogens with zero attached hydrogens (tertiary/aromatic N) is 2. The second-order valence-electron chi connectivity index (χ2n) is 5.53. The molecule has 2 heterocycles. The summed E-state index contributed by atoms with van der Waals surface area (Å²) in [6.07, 6.45) is 0. The first kappa shape index (κ1) is 11.5. The van der Waals surface area contributed by atoms with Crippen molar-refractivity contribution < 1.29 is 0 Å². The van der Waals surface area contributed by atoms with Crippen LogP contribution in [0, 0.1) is 0 Å². The highest BCUT2D eigenvalue weighted by molar-refractivity contribution is 7.15. The molecule has 0 radical (unpaired) electrons. The Morgan fingerprint density at radius 1 is 1.38 bits per heavy atom. The largest absolute Gasteiger partial charge is 0.383 e. The highest BCUT2D eigenvalue weighted by Crippen LogP contribution is 2.33. The van der Waals surface area contributed by atoms with Gasteiger partial charge in [0.15, 0.2) is 4.96 Å². The lowest BCUT2D eigenvalue weighted by molar-refractivity contribution is 0.575. The number of rotatable bonds is 1. The van der Waals surface area contributed by atoms with Crippen LogP contribution in [0.25, 0.3) is 4.96 Å². The maximum absolute atomic E-state index is 6.22. The number of thiazole rings is 1. The van der Waals surface area contributed by atoms with Gasteiger partial charge >= 0.3 is 0 Å². The van der Waals surface area contributed by atoms with Crippen molar-refractivity contribution >= 4 is 22.1 Å². The summed E-state index contributed by atoms with van der Waals surface area (Å²) in [7, 11) is 0. The van der Waals surface area contributed by atoms with Crippen LogP contribution >= 0.6 is 11.3 Å². The Labute approximate surface area is 100 Å². The van der Waals surface area contributed by atoms with Gasteiger partial charge in [-0.25, -0.2) is 4.98 Å². The molecule has 2 N–H and O–H groups in total. The zero-order chi connectivity index (χ0) is 12.1. The van der Waals surface area contributed by atoms with Crippen LogP contribution in [-0.2, 0) is 5.41 Å². The molecule has 2 aromatic rings. The van der Waals surface area contributed by atoms with Crippen LogP contribution < -0.4 is 5.73 Å². The standard InChI is InChI=1S/C12H19N3S/c1-7(2)8-6-16-11-14-9(12(3,4)5)10(13)15(8)11/h6-7H,13H2,1-5H3. The Hall–Kier alpha value is -1.03. The monoisotopic (exact) mass is 237 g/mol. The molecule has 2 aromatic heterocycles. The summed E-state index contributed by atoms with van der Waals surface area (Å²) in [5.74, 6) is 1.27. The zero-order valence-electron chi connectivity index (χ0n) is 10.5. The molecule has 3 nitrogen and oxygen atoms in total. The van der Waals surface area contributed by atoms with Crippen molar-refractivity contribution in [3.05, 3.63) is 16.8 Å². The summed E-state index contributed by atoms with van der Waals surface area (Å²) >= 11 is 1.67. The van der Waals surface area contributed by atoms with Gasteiger partial charge in [0.25, 0.3) is 0 Å². The summed E-state index contributed by atoms with van der Waals surface area (Å²) in [6.45, 7) is 10.8. The van der Waals surface area contributed by atoms with Crippen LogP contribution in [0.15, 0.2) is 5.38 Å². The Kier molecular flexibility index (Phi) is 2.49. The summed E-state index contributed by atoms with van der Waals surface area (Å²) in [6, 6.07) is 0. The molecule has 0 aliphatic carbocycles. The highest BCUT2D eigenvalue weighted by Gasteiger charge is 2.24. The summed E-state index contributed by atoms with van der Waals surface area (Å²) < 4.78 is 2.09. The Morgan fingerprint density at radius 3 is 2.50 bits per heavy atom. The molecule has 0 bridgehead atoms. The minimum atomic E-state index is 0.00404. The van der Waals surface area contributed by atoms with Gasteiger partial charge in [0.1, 0.15) is 5.82 Å². The molecule has 0 spiro atoms. The van der Waals surface area contributed by atoms with E-state index in [1.165, 1.54) is 5.69 Å². The van der Waals surface area contributed by atoms with E-state index in [4.69, 9.17) is 5.73 Å². The van der Waals surface area contributed by atoms with Crippen molar-refractivity contribution in [1.29, 1.82) is 0 Å². The van der Waals surface area contributed by atoms with E-state index < -0.39 is 0 Å². The molecule has 0 saturated heterocycles. The van der Waals surface area contributed by atoms with Crippen molar-refractivity contribution in [2.45, 2.75) is 46.0 Å². The molecule has 88 valence electrons. The Balaban J connectivity index is 2.71. The molecule has 0 aliphatic rings. The van der Waals surface area contributed by atoms with E-state index in [9.17, 15) is 0 Å². The van der Waals surface area contributed by atoms with E-state index in [0.717, 1.165) is 16.5 Å². The van der Waals surface area contributed by atoms with Gasteiger partial charge in [0, 0.05) is 16.5 Å². The third-order valence-corrected chi connectivity index (χ3v) is 3.57. The predicted octanol–water partition coefficient (Wildman–Crippen LogP) is 3.40. The van der Waals surface area contributed by atoms with Gasteiger partial charge in [-0.1, -0.05) is 34.6 Å². The molecule has 0 fully saturated rings. The fourth-order valence-electron chi connectivity index (χ4n) is 1.85. The fraction of sp³-hybridized carbons (Fsp3) is 0.583. The fourth-order valence-corrected chi connectivity index (χ4v) is 2.91. The van der Waals surface area contributed by atoms with E-state index in [0.29, 0.717) is 5.92 Å². The molecule has 0 aliphatic heterocycles. The van der Waals surface area contributed by atoms with Gasteiger partial charge in [0.2, 0.25) is 0 Å². The van der Waals surface area contributed by atoms with Crippen molar-refractivity contribution in [3.8, 4) is 0 Å². The van der Waals surface area contributed by atoms with E-state index in [1.807, 2.05) is 0 Å². The zero-order valence-corrected chi connectivity index (χ0v) is 11.4. The van der Waals surface area contributed by atoms with Crippen LogP contribution in [0.4, 0.5) is 5.82 Å². The molecule has 0 atom stereocenters. The number of aromatic nitrogens is 2. The van der Waals surface area contributed by atoms with Gasteiger partial charge in [-0.05, 0) is 5.92 Å². The minimum absolute atomic E-state index is 0.00404. The number of nitrogens with two attached hydrogens (primary N) is 1. The maximum atomic E-state index is 6.22. The molecule has 16 heavy (non-hydrogen) atoms. The SMILES string of the molecule is CC(C)c1csc2nc(C(C)(C)C)c(N)n12. The third-order valence-electron chi connectivity index (χ3n) is 2.73.